The van der Waals surface area contributed by atoms with Crippen molar-refractivity contribution in [3.8, 4) is 5.75 Å². The first-order valence-corrected chi connectivity index (χ1v) is 8.88. The number of rotatable bonds is 7. The molecule has 0 aromatic heterocycles. The molecule has 0 unspecified atom stereocenters. The Bertz CT molecular complexity index is 589. The minimum atomic E-state index is -0.335. The SMILES string of the molecule is C=CCN1CCC(NC(=NC)NCc2ccc(OCC)c(F)c2)CC1.I. The number of benzene rings is 1. The Kier molecular flexibility index (Phi) is 10.6. The number of hydrogen-bond acceptors (Lipinski definition) is 3. The van der Waals surface area contributed by atoms with E-state index in [0.29, 0.717) is 24.9 Å². The fourth-order valence-corrected chi connectivity index (χ4v) is 2.94. The molecule has 0 bridgehead atoms. The highest BCUT2D eigenvalue weighted by Crippen LogP contribution is 2.18. The van der Waals surface area contributed by atoms with Crippen LogP contribution in [0.2, 0.25) is 0 Å². The second kappa shape index (κ2) is 12.1. The van der Waals surface area contributed by atoms with Crippen LogP contribution < -0.4 is 15.4 Å². The summed E-state index contributed by atoms with van der Waals surface area (Å²) >= 11 is 0. The van der Waals surface area contributed by atoms with E-state index in [9.17, 15) is 4.39 Å². The number of likely N-dealkylation sites (tertiary alicyclic amines) is 1. The molecule has 7 heteroatoms. The van der Waals surface area contributed by atoms with Gasteiger partial charge in [-0.25, -0.2) is 4.39 Å². The van der Waals surface area contributed by atoms with Gasteiger partial charge in [-0.15, -0.1) is 30.6 Å². The first-order chi connectivity index (χ1) is 12.2. The topological polar surface area (TPSA) is 48.9 Å². The van der Waals surface area contributed by atoms with Crippen LogP contribution in [0.15, 0.2) is 35.8 Å². The van der Waals surface area contributed by atoms with E-state index in [4.69, 9.17) is 4.74 Å². The molecule has 146 valence electrons. The van der Waals surface area contributed by atoms with E-state index in [1.54, 1.807) is 13.1 Å². The molecule has 0 saturated carbocycles. The average Bonchev–Trinajstić information content (AvgIpc) is 2.62. The predicted molar refractivity (Wildman–Crippen MR) is 116 cm³/mol. The van der Waals surface area contributed by atoms with Crippen LogP contribution in [0.5, 0.6) is 5.75 Å². The van der Waals surface area contributed by atoms with Gasteiger partial charge in [-0.05, 0) is 37.5 Å². The van der Waals surface area contributed by atoms with E-state index in [2.05, 4.69) is 27.1 Å². The highest BCUT2D eigenvalue weighted by atomic mass is 127. The smallest absolute Gasteiger partial charge is 0.191 e. The number of ether oxygens (including phenoxy) is 1. The summed E-state index contributed by atoms with van der Waals surface area (Å²) in [5.41, 5.74) is 0.852. The number of guanidine groups is 1. The zero-order valence-electron chi connectivity index (χ0n) is 15.6. The fraction of sp³-hybridized carbons (Fsp3) is 0.526. The van der Waals surface area contributed by atoms with Gasteiger partial charge in [-0.3, -0.25) is 9.89 Å². The molecule has 1 fully saturated rings. The third-order valence-electron chi connectivity index (χ3n) is 4.30. The Morgan fingerprint density at radius 2 is 2.15 bits per heavy atom. The van der Waals surface area contributed by atoms with Gasteiger partial charge in [0.2, 0.25) is 0 Å². The summed E-state index contributed by atoms with van der Waals surface area (Å²) in [6.07, 6.45) is 4.10. The molecule has 0 radical (unpaired) electrons. The lowest BCUT2D eigenvalue weighted by atomic mass is 10.1. The average molecular weight is 476 g/mol. The van der Waals surface area contributed by atoms with Crippen LogP contribution in [0.3, 0.4) is 0 Å². The van der Waals surface area contributed by atoms with Crippen molar-refractivity contribution in [1.29, 1.82) is 0 Å². The largest absolute Gasteiger partial charge is 0.491 e. The molecule has 26 heavy (non-hydrogen) atoms. The third kappa shape index (κ3) is 7.11. The molecule has 0 amide bonds. The minimum Gasteiger partial charge on any atom is -0.491 e. The molecule has 1 aliphatic heterocycles. The van der Waals surface area contributed by atoms with Crippen molar-refractivity contribution in [3.05, 3.63) is 42.2 Å². The van der Waals surface area contributed by atoms with Crippen LogP contribution in [0.25, 0.3) is 0 Å². The molecule has 0 aliphatic carbocycles. The highest BCUT2D eigenvalue weighted by Gasteiger charge is 2.19. The molecule has 0 spiro atoms. The molecule has 1 saturated heterocycles. The third-order valence-corrected chi connectivity index (χ3v) is 4.30. The molecule has 1 aliphatic rings. The molecule has 1 aromatic carbocycles. The Labute approximate surface area is 173 Å². The fourth-order valence-electron chi connectivity index (χ4n) is 2.94. The second-order valence-electron chi connectivity index (χ2n) is 6.13. The number of aliphatic imine (C=N–C) groups is 1. The number of piperidine rings is 1. The van der Waals surface area contributed by atoms with E-state index in [1.807, 2.05) is 19.1 Å². The molecular formula is C19H30FIN4O. The molecule has 1 aromatic rings. The van der Waals surface area contributed by atoms with Crippen molar-refractivity contribution in [1.82, 2.24) is 15.5 Å². The van der Waals surface area contributed by atoms with Gasteiger partial charge in [0.25, 0.3) is 0 Å². The lowest BCUT2D eigenvalue weighted by molar-refractivity contribution is 0.225. The zero-order chi connectivity index (χ0) is 18.1. The van der Waals surface area contributed by atoms with Gasteiger partial charge in [0, 0.05) is 39.3 Å². The molecular weight excluding hydrogens is 446 g/mol. The zero-order valence-corrected chi connectivity index (χ0v) is 18.0. The van der Waals surface area contributed by atoms with Gasteiger partial charge in [-0.1, -0.05) is 12.1 Å². The van der Waals surface area contributed by atoms with Gasteiger partial charge in [0.15, 0.2) is 17.5 Å². The lowest BCUT2D eigenvalue weighted by Gasteiger charge is -2.32. The number of hydrogen-bond donors (Lipinski definition) is 2. The number of nitrogens with one attached hydrogen (secondary N) is 2. The monoisotopic (exact) mass is 476 g/mol. The Balaban J connectivity index is 0.00000338. The summed E-state index contributed by atoms with van der Waals surface area (Å²) in [7, 11) is 1.75. The second-order valence-corrected chi connectivity index (χ2v) is 6.13. The first-order valence-electron chi connectivity index (χ1n) is 8.88. The summed E-state index contributed by atoms with van der Waals surface area (Å²) in [4.78, 5) is 6.66. The lowest BCUT2D eigenvalue weighted by Crippen LogP contribution is -2.48. The van der Waals surface area contributed by atoms with Crippen molar-refractivity contribution >= 4 is 29.9 Å². The summed E-state index contributed by atoms with van der Waals surface area (Å²) in [5.74, 6) is 0.704. The van der Waals surface area contributed by atoms with Gasteiger partial charge in [0.05, 0.1) is 6.61 Å². The summed E-state index contributed by atoms with van der Waals surface area (Å²) in [5, 5.41) is 6.70. The van der Waals surface area contributed by atoms with Crippen LogP contribution in [-0.4, -0.2) is 50.2 Å². The quantitative estimate of drug-likeness (QED) is 0.275. The Hall–Kier alpha value is -1.35. The first kappa shape index (κ1) is 22.7. The van der Waals surface area contributed by atoms with Crippen LogP contribution >= 0.6 is 24.0 Å². The standard InChI is InChI=1S/C19H29FN4O.HI/c1-4-10-24-11-8-16(9-12-24)23-19(21-3)22-14-15-6-7-18(25-5-2)17(20)13-15;/h4,6-7,13,16H,1,5,8-12,14H2,2-3H3,(H2,21,22,23);1H. The van der Waals surface area contributed by atoms with Crippen LogP contribution in [0, 0.1) is 5.82 Å². The predicted octanol–water partition coefficient (Wildman–Crippen LogP) is 3.16. The number of halogens is 2. The minimum absolute atomic E-state index is 0. The maximum Gasteiger partial charge on any atom is 0.191 e. The highest BCUT2D eigenvalue weighted by molar-refractivity contribution is 14.0. The summed E-state index contributed by atoms with van der Waals surface area (Å²) in [6, 6.07) is 5.44. The van der Waals surface area contributed by atoms with Crippen molar-refractivity contribution in [2.24, 2.45) is 4.99 Å². The molecule has 1 heterocycles. The van der Waals surface area contributed by atoms with Crippen molar-refractivity contribution < 1.29 is 9.13 Å². The maximum absolute atomic E-state index is 13.9. The summed E-state index contributed by atoms with van der Waals surface area (Å²) < 4.78 is 19.1. The van der Waals surface area contributed by atoms with Gasteiger partial charge >= 0.3 is 0 Å². The molecule has 0 atom stereocenters. The van der Waals surface area contributed by atoms with Gasteiger partial charge < -0.3 is 15.4 Å². The molecule has 2 rings (SSSR count). The molecule has 5 nitrogen and oxygen atoms in total. The van der Waals surface area contributed by atoms with E-state index in [-0.39, 0.29) is 29.8 Å². The van der Waals surface area contributed by atoms with E-state index in [1.165, 1.54) is 6.07 Å². The normalized spacial score (nSPS) is 15.9. The van der Waals surface area contributed by atoms with Crippen LogP contribution in [0.1, 0.15) is 25.3 Å². The number of nitrogens with zero attached hydrogens (tertiary/aromatic N) is 2. The molecule has 2 N–H and O–H groups in total. The van der Waals surface area contributed by atoms with Gasteiger partial charge in [-0.2, -0.15) is 0 Å². The van der Waals surface area contributed by atoms with Crippen molar-refractivity contribution in [2.45, 2.75) is 32.4 Å². The van der Waals surface area contributed by atoms with E-state index < -0.39 is 0 Å². The van der Waals surface area contributed by atoms with E-state index in [0.717, 1.165) is 44.0 Å². The maximum atomic E-state index is 13.9. The van der Waals surface area contributed by atoms with E-state index >= 15 is 0 Å². The van der Waals surface area contributed by atoms with Crippen molar-refractivity contribution in [2.75, 3.05) is 33.3 Å². The van der Waals surface area contributed by atoms with Gasteiger partial charge in [0.1, 0.15) is 0 Å². The van der Waals surface area contributed by atoms with Crippen molar-refractivity contribution in [3.63, 3.8) is 0 Å². The van der Waals surface area contributed by atoms with Crippen LogP contribution in [0.4, 0.5) is 4.39 Å². The summed E-state index contributed by atoms with van der Waals surface area (Å²) in [6.45, 7) is 9.66. The Morgan fingerprint density at radius 3 is 2.73 bits per heavy atom. The van der Waals surface area contributed by atoms with Crippen LogP contribution in [-0.2, 0) is 6.54 Å². The Morgan fingerprint density at radius 1 is 1.42 bits per heavy atom.